The molecule has 2 fully saturated rings. The molecule has 2 rings (SSSR count). The zero-order chi connectivity index (χ0) is 15.9. The molecule has 134 valence electrons. The highest BCUT2D eigenvalue weighted by atomic mass is 127. The van der Waals surface area contributed by atoms with E-state index in [1.165, 1.54) is 19.3 Å². The van der Waals surface area contributed by atoms with Gasteiger partial charge in [0.05, 0.1) is 6.10 Å². The summed E-state index contributed by atoms with van der Waals surface area (Å²) < 4.78 is 0. The summed E-state index contributed by atoms with van der Waals surface area (Å²) in [6.07, 6.45) is 7.12. The number of amides is 1. The van der Waals surface area contributed by atoms with Crippen LogP contribution < -0.4 is 10.6 Å². The third kappa shape index (κ3) is 6.45. The van der Waals surface area contributed by atoms with Gasteiger partial charge in [0.25, 0.3) is 0 Å². The Morgan fingerprint density at radius 3 is 2.65 bits per heavy atom. The van der Waals surface area contributed by atoms with E-state index in [2.05, 4.69) is 15.6 Å². The Bertz CT molecular complexity index is 400. The molecule has 0 aromatic rings. The van der Waals surface area contributed by atoms with Crippen molar-refractivity contribution in [3.05, 3.63) is 0 Å². The van der Waals surface area contributed by atoms with Gasteiger partial charge in [-0.1, -0.05) is 19.3 Å². The maximum atomic E-state index is 11.5. The van der Waals surface area contributed by atoms with Crippen molar-refractivity contribution in [3.8, 4) is 0 Å². The van der Waals surface area contributed by atoms with Crippen LogP contribution in [0.15, 0.2) is 4.99 Å². The van der Waals surface area contributed by atoms with Crippen LogP contribution in [0.2, 0.25) is 0 Å². The lowest BCUT2D eigenvalue weighted by Crippen LogP contribution is -2.52. The van der Waals surface area contributed by atoms with Gasteiger partial charge >= 0.3 is 0 Å². The predicted octanol–water partition coefficient (Wildman–Crippen LogP) is 1.33. The maximum absolute atomic E-state index is 11.5. The van der Waals surface area contributed by atoms with E-state index in [-0.39, 0.29) is 42.0 Å². The molecule has 1 heterocycles. The highest BCUT2D eigenvalue weighted by molar-refractivity contribution is 14.0. The first-order valence-electron chi connectivity index (χ1n) is 8.49. The number of halogens is 1. The number of hydrogen-bond acceptors (Lipinski definition) is 3. The maximum Gasteiger partial charge on any atom is 0.222 e. The summed E-state index contributed by atoms with van der Waals surface area (Å²) in [6, 6.07) is 0.223. The van der Waals surface area contributed by atoms with Crippen LogP contribution in [0.3, 0.4) is 0 Å². The van der Waals surface area contributed by atoms with Crippen molar-refractivity contribution in [2.24, 2.45) is 10.9 Å². The number of aliphatic hydroxyl groups is 1. The van der Waals surface area contributed by atoms with Crippen LogP contribution in [-0.4, -0.2) is 61.2 Å². The molecule has 1 saturated heterocycles. The number of likely N-dealkylation sites (N-methyl/N-ethyl adjacent to an activating group) is 1. The zero-order valence-electron chi connectivity index (χ0n) is 14.3. The molecule has 1 aliphatic carbocycles. The second-order valence-corrected chi connectivity index (χ2v) is 6.57. The molecule has 0 bridgehead atoms. The Morgan fingerprint density at radius 2 is 2.04 bits per heavy atom. The fraction of sp³-hybridized carbons (Fsp3) is 0.875. The number of hydrogen-bond donors (Lipinski definition) is 3. The lowest BCUT2D eigenvalue weighted by atomic mass is 9.85. The number of carbonyl (C=O) groups excluding carboxylic acids is 1. The Hall–Kier alpha value is -0.570. The van der Waals surface area contributed by atoms with Crippen molar-refractivity contribution in [2.45, 2.75) is 57.1 Å². The van der Waals surface area contributed by atoms with Crippen LogP contribution >= 0.6 is 24.0 Å². The summed E-state index contributed by atoms with van der Waals surface area (Å²) >= 11 is 0. The number of nitrogens with one attached hydrogen (secondary N) is 2. The van der Waals surface area contributed by atoms with Gasteiger partial charge < -0.3 is 20.6 Å². The molecule has 2 aliphatic rings. The number of aliphatic imine (C=N–C) groups is 1. The highest BCUT2D eigenvalue weighted by Crippen LogP contribution is 2.26. The van der Waals surface area contributed by atoms with Crippen molar-refractivity contribution >= 4 is 35.8 Å². The summed E-state index contributed by atoms with van der Waals surface area (Å²) in [7, 11) is 3.57. The molecule has 7 heteroatoms. The Balaban J connectivity index is 0.00000264. The van der Waals surface area contributed by atoms with Crippen molar-refractivity contribution in [2.75, 3.05) is 27.2 Å². The Kier molecular flexibility index (Phi) is 9.19. The summed E-state index contributed by atoms with van der Waals surface area (Å²) in [5, 5.41) is 16.9. The molecule has 2 unspecified atom stereocenters. The average Bonchev–Trinajstić information content (AvgIpc) is 2.55. The van der Waals surface area contributed by atoms with E-state index in [4.69, 9.17) is 0 Å². The smallest absolute Gasteiger partial charge is 0.222 e. The van der Waals surface area contributed by atoms with Crippen LogP contribution in [0.5, 0.6) is 0 Å². The molecular weight excluding hydrogens is 407 g/mol. The number of likely N-dealkylation sites (tertiary alicyclic amines) is 1. The summed E-state index contributed by atoms with van der Waals surface area (Å²) in [4.78, 5) is 17.5. The minimum Gasteiger partial charge on any atom is -0.391 e. The lowest BCUT2D eigenvalue weighted by molar-refractivity contribution is -0.132. The van der Waals surface area contributed by atoms with Crippen molar-refractivity contribution in [1.82, 2.24) is 15.5 Å². The van der Waals surface area contributed by atoms with Crippen molar-refractivity contribution in [1.29, 1.82) is 0 Å². The fourth-order valence-electron chi connectivity index (χ4n) is 3.40. The second kappa shape index (κ2) is 10.3. The normalized spacial score (nSPS) is 24.8. The van der Waals surface area contributed by atoms with Gasteiger partial charge in [0.2, 0.25) is 5.91 Å². The molecule has 0 spiro atoms. The molecule has 1 saturated carbocycles. The van der Waals surface area contributed by atoms with Crippen LogP contribution in [0.1, 0.15) is 44.9 Å². The molecule has 0 aromatic carbocycles. The van der Waals surface area contributed by atoms with Crippen LogP contribution in [-0.2, 0) is 4.79 Å². The minimum atomic E-state index is -0.311. The van der Waals surface area contributed by atoms with Gasteiger partial charge in [-0.3, -0.25) is 9.79 Å². The predicted molar refractivity (Wildman–Crippen MR) is 103 cm³/mol. The topological polar surface area (TPSA) is 77.0 Å². The monoisotopic (exact) mass is 438 g/mol. The van der Waals surface area contributed by atoms with Crippen molar-refractivity contribution in [3.63, 3.8) is 0 Å². The van der Waals surface area contributed by atoms with Gasteiger partial charge in [0.1, 0.15) is 0 Å². The molecule has 1 amide bonds. The van der Waals surface area contributed by atoms with E-state index in [1.807, 2.05) is 7.05 Å². The Labute approximate surface area is 156 Å². The van der Waals surface area contributed by atoms with Crippen LogP contribution in [0, 0.1) is 5.92 Å². The molecule has 6 nitrogen and oxygen atoms in total. The van der Waals surface area contributed by atoms with E-state index in [9.17, 15) is 9.90 Å². The first kappa shape index (κ1) is 20.5. The van der Waals surface area contributed by atoms with Gasteiger partial charge in [0, 0.05) is 39.6 Å². The number of carbonyl (C=O) groups is 1. The van der Waals surface area contributed by atoms with E-state index >= 15 is 0 Å². The van der Waals surface area contributed by atoms with Gasteiger partial charge in [-0.05, 0) is 25.2 Å². The second-order valence-electron chi connectivity index (χ2n) is 6.57. The summed E-state index contributed by atoms with van der Waals surface area (Å²) in [5.74, 6) is 1.33. The highest BCUT2D eigenvalue weighted by Gasteiger charge is 2.24. The molecule has 2 atom stereocenters. The average molecular weight is 438 g/mol. The molecule has 3 N–H and O–H groups in total. The third-order valence-electron chi connectivity index (χ3n) is 4.86. The van der Waals surface area contributed by atoms with Crippen molar-refractivity contribution < 1.29 is 9.90 Å². The molecule has 1 aliphatic heterocycles. The van der Waals surface area contributed by atoms with Gasteiger partial charge in [-0.2, -0.15) is 0 Å². The van der Waals surface area contributed by atoms with E-state index in [1.54, 1.807) is 11.9 Å². The minimum absolute atomic E-state index is 0. The molecule has 23 heavy (non-hydrogen) atoms. The molecule has 0 aromatic heterocycles. The van der Waals surface area contributed by atoms with Gasteiger partial charge in [0.15, 0.2) is 5.96 Å². The van der Waals surface area contributed by atoms with E-state index in [0.717, 1.165) is 19.3 Å². The standard InChI is InChI=1S/C16H30N4O2.HI/c1-17-16(19-13-8-9-15(22)20(2)11-13)18-10-14(21)12-6-4-3-5-7-12;/h12-14,21H,3-11H2,1-2H3,(H2,17,18,19);1H. The number of rotatable bonds is 4. The Morgan fingerprint density at radius 1 is 1.35 bits per heavy atom. The van der Waals surface area contributed by atoms with Crippen LogP contribution in [0.4, 0.5) is 0 Å². The largest absolute Gasteiger partial charge is 0.391 e. The number of aliphatic hydroxyl groups excluding tert-OH is 1. The zero-order valence-corrected chi connectivity index (χ0v) is 16.6. The molecular formula is C16H31IN4O2. The van der Waals surface area contributed by atoms with Gasteiger partial charge in [-0.25, -0.2) is 0 Å². The number of guanidine groups is 1. The van der Waals surface area contributed by atoms with Gasteiger partial charge in [-0.15, -0.1) is 24.0 Å². The fourth-order valence-corrected chi connectivity index (χ4v) is 3.40. The SMILES string of the molecule is CN=C(NCC(O)C1CCCCC1)NC1CCC(=O)N(C)C1.I. The lowest BCUT2D eigenvalue weighted by Gasteiger charge is -2.32. The summed E-state index contributed by atoms with van der Waals surface area (Å²) in [5.41, 5.74) is 0. The molecule has 0 radical (unpaired) electrons. The number of nitrogens with zero attached hydrogens (tertiary/aromatic N) is 2. The number of piperidine rings is 1. The van der Waals surface area contributed by atoms with E-state index in [0.29, 0.717) is 31.4 Å². The van der Waals surface area contributed by atoms with Crippen LogP contribution in [0.25, 0.3) is 0 Å². The first-order chi connectivity index (χ1) is 10.6. The van der Waals surface area contributed by atoms with E-state index < -0.39 is 0 Å². The first-order valence-corrected chi connectivity index (χ1v) is 8.49. The quantitative estimate of drug-likeness (QED) is 0.352. The third-order valence-corrected chi connectivity index (χ3v) is 4.86. The summed E-state index contributed by atoms with van der Waals surface area (Å²) in [6.45, 7) is 1.23.